The summed E-state index contributed by atoms with van der Waals surface area (Å²) < 4.78 is 10.9. The van der Waals surface area contributed by atoms with Crippen LogP contribution in [0.15, 0.2) is 30.3 Å². The molecule has 4 N–H and O–H groups in total. The van der Waals surface area contributed by atoms with Gasteiger partial charge in [0.25, 0.3) is 0 Å². The van der Waals surface area contributed by atoms with Crippen molar-refractivity contribution in [3.8, 4) is 11.5 Å². The molecular formula is C24H31ClN2O5. The third-order valence-electron chi connectivity index (χ3n) is 5.39. The van der Waals surface area contributed by atoms with E-state index >= 15 is 0 Å². The van der Waals surface area contributed by atoms with Gasteiger partial charge in [0.1, 0.15) is 17.1 Å². The number of hydrogen-bond acceptors (Lipinski definition) is 7. The van der Waals surface area contributed by atoms with E-state index in [1.807, 2.05) is 6.07 Å². The van der Waals surface area contributed by atoms with Crippen LogP contribution in [-0.4, -0.2) is 48.6 Å². The first kappa shape index (κ1) is 24.2. The molecule has 32 heavy (non-hydrogen) atoms. The monoisotopic (exact) mass is 462 g/mol. The lowest BCUT2D eigenvalue weighted by Crippen LogP contribution is -2.39. The second-order valence-electron chi connectivity index (χ2n) is 8.92. The van der Waals surface area contributed by atoms with Gasteiger partial charge >= 0.3 is 5.97 Å². The zero-order valence-electron chi connectivity index (χ0n) is 18.7. The first-order valence-electron chi connectivity index (χ1n) is 10.7. The molecule has 2 aromatic carbocycles. The van der Waals surface area contributed by atoms with E-state index < -0.39 is 5.97 Å². The van der Waals surface area contributed by atoms with Crippen LogP contribution in [0.5, 0.6) is 11.5 Å². The molecule has 8 heteroatoms. The van der Waals surface area contributed by atoms with Gasteiger partial charge in [0.15, 0.2) is 0 Å². The number of aromatic hydroxyl groups is 2. The predicted octanol–water partition coefficient (Wildman–Crippen LogP) is 4.20. The molecule has 0 radical (unpaired) electrons. The van der Waals surface area contributed by atoms with E-state index in [1.165, 1.54) is 12.1 Å². The highest BCUT2D eigenvalue weighted by Gasteiger charge is 2.19. The minimum absolute atomic E-state index is 0.0220. The molecule has 174 valence electrons. The molecule has 1 aliphatic rings. The minimum atomic E-state index is -0.583. The zero-order chi connectivity index (χ0) is 23.3. The van der Waals surface area contributed by atoms with Crippen LogP contribution >= 0.6 is 11.6 Å². The summed E-state index contributed by atoms with van der Waals surface area (Å²) >= 11 is 6.20. The summed E-state index contributed by atoms with van der Waals surface area (Å²) in [7, 11) is 0. The molecule has 1 fully saturated rings. The fourth-order valence-electron chi connectivity index (χ4n) is 3.40. The summed E-state index contributed by atoms with van der Waals surface area (Å²) in [5, 5.41) is 27.3. The quantitative estimate of drug-likeness (QED) is 0.457. The summed E-state index contributed by atoms with van der Waals surface area (Å²) in [5.74, 6) is -0.741. The largest absolute Gasteiger partial charge is 0.507 e. The number of morpholine rings is 1. The Morgan fingerprint density at radius 3 is 2.72 bits per heavy atom. The van der Waals surface area contributed by atoms with Crippen molar-refractivity contribution in [1.82, 2.24) is 5.32 Å². The number of halogens is 1. The maximum atomic E-state index is 12.3. The maximum Gasteiger partial charge on any atom is 0.341 e. The molecule has 1 saturated heterocycles. The molecule has 1 unspecified atom stereocenters. The molecule has 7 nitrogen and oxygen atoms in total. The molecule has 3 rings (SSSR count). The van der Waals surface area contributed by atoms with Crippen LogP contribution in [-0.2, 0) is 21.4 Å². The standard InChI is InChI=1S/C24H31ClN2O5/c1-24(2,3)16-10-15(22(29)20(25)11-16)13-27-17-4-5-19(21(28)12-17)23(30)32-8-6-18-14-26-7-9-31-18/h4-5,10-12,18,26-29H,6-9,13-14H2,1-3H3. The van der Waals surface area contributed by atoms with Crippen molar-refractivity contribution in [1.29, 1.82) is 0 Å². The predicted molar refractivity (Wildman–Crippen MR) is 125 cm³/mol. The lowest BCUT2D eigenvalue weighted by Gasteiger charge is -2.23. The number of carbonyl (C=O) groups excluding carboxylic acids is 1. The number of nitrogens with one attached hydrogen (secondary N) is 2. The van der Waals surface area contributed by atoms with Gasteiger partial charge in [-0.1, -0.05) is 32.4 Å². The van der Waals surface area contributed by atoms with Crippen molar-refractivity contribution >= 4 is 23.3 Å². The summed E-state index contributed by atoms with van der Waals surface area (Å²) in [6, 6.07) is 8.32. The highest BCUT2D eigenvalue weighted by atomic mass is 35.5. The average Bonchev–Trinajstić information content (AvgIpc) is 2.74. The normalized spacial score (nSPS) is 16.6. The van der Waals surface area contributed by atoms with Crippen molar-refractivity contribution in [3.05, 3.63) is 52.0 Å². The Balaban J connectivity index is 1.59. The second-order valence-corrected chi connectivity index (χ2v) is 9.33. The van der Waals surface area contributed by atoms with Gasteiger partial charge in [0, 0.05) is 43.4 Å². The number of anilines is 1. The van der Waals surface area contributed by atoms with Gasteiger partial charge in [0.05, 0.1) is 24.3 Å². The van der Waals surface area contributed by atoms with E-state index in [4.69, 9.17) is 21.1 Å². The van der Waals surface area contributed by atoms with E-state index in [2.05, 4.69) is 31.4 Å². The van der Waals surface area contributed by atoms with E-state index in [0.717, 1.165) is 18.7 Å². The van der Waals surface area contributed by atoms with Crippen LogP contribution in [0.1, 0.15) is 48.7 Å². The molecular weight excluding hydrogens is 432 g/mol. The summed E-state index contributed by atoms with van der Waals surface area (Å²) in [6.45, 7) is 8.95. The smallest absolute Gasteiger partial charge is 0.341 e. The molecule has 0 aliphatic carbocycles. The fourth-order valence-corrected chi connectivity index (χ4v) is 3.64. The molecule has 1 atom stereocenters. The summed E-state index contributed by atoms with van der Waals surface area (Å²) in [5.41, 5.74) is 2.22. The first-order chi connectivity index (χ1) is 15.1. The average molecular weight is 463 g/mol. The van der Waals surface area contributed by atoms with Crippen molar-refractivity contribution in [3.63, 3.8) is 0 Å². The first-order valence-corrected chi connectivity index (χ1v) is 11.1. The lowest BCUT2D eigenvalue weighted by atomic mass is 9.86. The molecule has 0 bridgehead atoms. The summed E-state index contributed by atoms with van der Waals surface area (Å²) in [4.78, 5) is 12.3. The van der Waals surface area contributed by atoms with E-state index in [-0.39, 0.29) is 35.2 Å². The van der Waals surface area contributed by atoms with Crippen LogP contribution in [0, 0.1) is 0 Å². The van der Waals surface area contributed by atoms with Gasteiger partial charge in [0.2, 0.25) is 0 Å². The van der Waals surface area contributed by atoms with Gasteiger partial charge in [-0.3, -0.25) is 0 Å². The van der Waals surface area contributed by atoms with Crippen LogP contribution in [0.3, 0.4) is 0 Å². The number of carbonyl (C=O) groups is 1. The topological polar surface area (TPSA) is 100 Å². The molecule has 1 aliphatic heterocycles. The summed E-state index contributed by atoms with van der Waals surface area (Å²) in [6.07, 6.45) is 0.622. The Hall–Kier alpha value is -2.48. The second kappa shape index (κ2) is 10.4. The minimum Gasteiger partial charge on any atom is -0.507 e. The van der Waals surface area contributed by atoms with Crippen LogP contribution < -0.4 is 10.6 Å². The lowest BCUT2D eigenvalue weighted by molar-refractivity contribution is 0.00498. The van der Waals surface area contributed by atoms with Gasteiger partial charge in [-0.05, 0) is 35.2 Å². The highest BCUT2D eigenvalue weighted by Crippen LogP contribution is 2.34. The highest BCUT2D eigenvalue weighted by molar-refractivity contribution is 6.32. The molecule has 0 amide bonds. The Morgan fingerprint density at radius 2 is 2.06 bits per heavy atom. The van der Waals surface area contributed by atoms with Gasteiger partial charge in [-0.2, -0.15) is 0 Å². The van der Waals surface area contributed by atoms with Crippen LogP contribution in [0.2, 0.25) is 5.02 Å². The molecule has 0 aromatic heterocycles. The fraction of sp³-hybridized carbons (Fsp3) is 0.458. The number of esters is 1. The number of hydrogen-bond donors (Lipinski definition) is 4. The van der Waals surface area contributed by atoms with Crippen molar-refractivity contribution in [2.75, 3.05) is 31.6 Å². The van der Waals surface area contributed by atoms with E-state index in [0.29, 0.717) is 35.8 Å². The Bertz CT molecular complexity index is 952. The Kier molecular flexibility index (Phi) is 7.87. The number of ether oxygens (including phenoxy) is 2. The Morgan fingerprint density at radius 1 is 1.28 bits per heavy atom. The molecule has 0 spiro atoms. The zero-order valence-corrected chi connectivity index (χ0v) is 19.5. The number of benzene rings is 2. The van der Waals surface area contributed by atoms with Crippen molar-refractivity contribution < 1.29 is 24.5 Å². The van der Waals surface area contributed by atoms with Gasteiger partial charge < -0.3 is 30.3 Å². The number of phenolic OH excluding ortho intramolecular Hbond substituents is 2. The Labute approximate surface area is 193 Å². The number of rotatable bonds is 7. The van der Waals surface area contributed by atoms with Gasteiger partial charge in [-0.25, -0.2) is 4.79 Å². The van der Waals surface area contributed by atoms with E-state index in [9.17, 15) is 15.0 Å². The number of phenols is 2. The molecule has 1 heterocycles. The van der Waals surface area contributed by atoms with Crippen LogP contribution in [0.4, 0.5) is 5.69 Å². The van der Waals surface area contributed by atoms with E-state index in [1.54, 1.807) is 12.1 Å². The molecule has 2 aromatic rings. The maximum absolute atomic E-state index is 12.3. The van der Waals surface area contributed by atoms with Crippen molar-refractivity contribution in [2.24, 2.45) is 0 Å². The third kappa shape index (κ3) is 6.28. The molecule has 0 saturated carbocycles. The SMILES string of the molecule is CC(C)(C)c1cc(Cl)c(O)c(CNc2ccc(C(=O)OCCC3CNCCO3)c(O)c2)c1. The van der Waals surface area contributed by atoms with Gasteiger partial charge in [-0.15, -0.1) is 0 Å². The third-order valence-corrected chi connectivity index (χ3v) is 5.67. The van der Waals surface area contributed by atoms with Crippen LogP contribution in [0.25, 0.3) is 0 Å². The van der Waals surface area contributed by atoms with Crippen molar-refractivity contribution in [2.45, 2.75) is 45.3 Å².